The van der Waals surface area contributed by atoms with Crippen molar-refractivity contribution >= 4 is 22.8 Å². The summed E-state index contributed by atoms with van der Waals surface area (Å²) >= 11 is 0. The fourth-order valence-corrected chi connectivity index (χ4v) is 2.92. The smallest absolute Gasteiger partial charge is 0.328 e. The molecule has 9 nitrogen and oxygen atoms in total. The molecule has 1 aromatic carbocycles. The average Bonchev–Trinajstić information content (AvgIpc) is 2.61. The highest BCUT2D eigenvalue weighted by molar-refractivity contribution is 5.84. The van der Waals surface area contributed by atoms with Gasteiger partial charge in [0.1, 0.15) is 0 Å². The molecule has 1 aromatic heterocycles. The number of amides is 1. The maximum Gasteiger partial charge on any atom is 0.328 e. The minimum absolute atomic E-state index is 0.0403. The normalized spacial score (nSPS) is 17.6. The van der Waals surface area contributed by atoms with Crippen LogP contribution in [0.3, 0.4) is 0 Å². The second kappa shape index (κ2) is 6.89. The van der Waals surface area contributed by atoms with Gasteiger partial charge in [-0.3, -0.25) is 19.1 Å². The van der Waals surface area contributed by atoms with Crippen LogP contribution >= 0.6 is 0 Å². The topological polar surface area (TPSA) is 122 Å². The SMILES string of the molecule is O=C(O)[C@@H]1COCCN1C(=O)CCn1c(=O)[nH]c(=O)c2ccccc21. The Balaban J connectivity index is 1.83. The van der Waals surface area contributed by atoms with E-state index in [2.05, 4.69) is 4.98 Å². The first-order valence-electron chi connectivity index (χ1n) is 7.81. The molecule has 1 amide bonds. The number of aliphatic carboxylic acids is 1. The Bertz CT molecular complexity index is 931. The fraction of sp³-hybridized carbons (Fsp3) is 0.375. The van der Waals surface area contributed by atoms with Crippen molar-refractivity contribution in [3.05, 3.63) is 45.1 Å². The second-order valence-corrected chi connectivity index (χ2v) is 5.69. The molecule has 0 spiro atoms. The highest BCUT2D eigenvalue weighted by Gasteiger charge is 2.32. The Labute approximate surface area is 141 Å². The third-order valence-electron chi connectivity index (χ3n) is 4.19. The lowest BCUT2D eigenvalue weighted by molar-refractivity contribution is -0.158. The number of carboxylic acids is 1. The van der Waals surface area contributed by atoms with Crippen LogP contribution in [0, 0.1) is 0 Å². The summed E-state index contributed by atoms with van der Waals surface area (Å²) in [5.41, 5.74) is -0.656. The number of carbonyl (C=O) groups is 2. The van der Waals surface area contributed by atoms with Gasteiger partial charge in [0.15, 0.2) is 6.04 Å². The lowest BCUT2D eigenvalue weighted by Gasteiger charge is -2.33. The number of hydrogen-bond acceptors (Lipinski definition) is 5. The molecule has 1 saturated heterocycles. The number of morpholine rings is 1. The Hall–Kier alpha value is -2.94. The highest BCUT2D eigenvalue weighted by Crippen LogP contribution is 2.11. The van der Waals surface area contributed by atoms with Gasteiger partial charge in [-0.15, -0.1) is 0 Å². The van der Waals surface area contributed by atoms with Gasteiger partial charge in [0.2, 0.25) is 5.91 Å². The summed E-state index contributed by atoms with van der Waals surface area (Å²) in [6.45, 7) is 0.454. The number of hydrogen-bond donors (Lipinski definition) is 2. The van der Waals surface area contributed by atoms with E-state index in [0.29, 0.717) is 10.9 Å². The number of nitrogens with one attached hydrogen (secondary N) is 1. The fourth-order valence-electron chi connectivity index (χ4n) is 2.92. The molecule has 1 aliphatic heterocycles. The van der Waals surface area contributed by atoms with Crippen molar-refractivity contribution in [1.82, 2.24) is 14.5 Å². The Morgan fingerprint density at radius 2 is 2.04 bits per heavy atom. The maximum atomic E-state index is 12.4. The molecule has 2 aromatic rings. The zero-order chi connectivity index (χ0) is 18.0. The number of aryl methyl sites for hydroxylation is 1. The lowest BCUT2D eigenvalue weighted by atomic mass is 10.2. The quantitative estimate of drug-likeness (QED) is 0.761. The largest absolute Gasteiger partial charge is 0.480 e. The molecule has 3 rings (SSSR count). The third-order valence-corrected chi connectivity index (χ3v) is 4.19. The molecular formula is C16H17N3O6. The molecule has 2 heterocycles. The molecule has 1 fully saturated rings. The Morgan fingerprint density at radius 3 is 2.80 bits per heavy atom. The monoisotopic (exact) mass is 347 g/mol. The van der Waals surface area contributed by atoms with Gasteiger partial charge in [0.05, 0.1) is 24.1 Å². The van der Waals surface area contributed by atoms with Gasteiger partial charge in [-0.2, -0.15) is 0 Å². The Kier molecular flexibility index (Phi) is 4.66. The average molecular weight is 347 g/mol. The van der Waals surface area contributed by atoms with Gasteiger partial charge in [-0.25, -0.2) is 9.59 Å². The van der Waals surface area contributed by atoms with Crippen molar-refractivity contribution in [2.24, 2.45) is 0 Å². The van der Waals surface area contributed by atoms with E-state index in [1.807, 2.05) is 0 Å². The van der Waals surface area contributed by atoms with Gasteiger partial charge in [-0.05, 0) is 12.1 Å². The Morgan fingerprint density at radius 1 is 1.28 bits per heavy atom. The van der Waals surface area contributed by atoms with Gasteiger partial charge >= 0.3 is 11.7 Å². The predicted molar refractivity (Wildman–Crippen MR) is 87.4 cm³/mol. The summed E-state index contributed by atoms with van der Waals surface area (Å²) in [4.78, 5) is 51.1. The predicted octanol–water partition coefficient (Wildman–Crippen LogP) is -0.608. The van der Waals surface area contributed by atoms with Crippen molar-refractivity contribution in [1.29, 1.82) is 0 Å². The molecular weight excluding hydrogens is 330 g/mol. The van der Waals surface area contributed by atoms with Crippen LogP contribution in [-0.2, 0) is 20.9 Å². The summed E-state index contributed by atoms with van der Waals surface area (Å²) in [5.74, 6) is -1.50. The summed E-state index contributed by atoms with van der Waals surface area (Å²) < 4.78 is 6.42. The number of fused-ring (bicyclic) bond motifs is 1. The number of carboxylic acid groups (broad SMARTS) is 1. The van der Waals surface area contributed by atoms with Crippen molar-refractivity contribution in [3.8, 4) is 0 Å². The van der Waals surface area contributed by atoms with Gasteiger partial charge < -0.3 is 14.7 Å². The standard InChI is InChI=1S/C16H17N3O6/c20-13(18-7-8-25-9-12(18)15(22)23)5-6-19-11-4-2-1-3-10(11)14(21)17-16(19)24/h1-4,12H,5-9H2,(H,22,23)(H,17,21,24)/t12-/m0/s1. The van der Waals surface area contributed by atoms with E-state index in [4.69, 9.17) is 4.74 Å². The van der Waals surface area contributed by atoms with Crippen LogP contribution in [0.25, 0.3) is 10.9 Å². The van der Waals surface area contributed by atoms with E-state index in [1.165, 1.54) is 9.47 Å². The summed E-state index contributed by atoms with van der Waals surface area (Å²) in [6.07, 6.45) is -0.0558. The zero-order valence-corrected chi connectivity index (χ0v) is 13.3. The number of aromatic nitrogens is 2. The molecule has 25 heavy (non-hydrogen) atoms. The van der Waals surface area contributed by atoms with E-state index < -0.39 is 23.3 Å². The minimum Gasteiger partial charge on any atom is -0.480 e. The van der Waals surface area contributed by atoms with Crippen LogP contribution in [-0.4, -0.2) is 57.2 Å². The number of rotatable bonds is 4. The molecule has 0 aliphatic carbocycles. The number of nitrogens with zero attached hydrogens (tertiary/aromatic N) is 2. The van der Waals surface area contributed by atoms with Crippen molar-refractivity contribution < 1.29 is 19.4 Å². The van der Waals surface area contributed by atoms with E-state index in [-0.39, 0.29) is 38.6 Å². The first kappa shape index (κ1) is 16.9. The van der Waals surface area contributed by atoms with Gasteiger partial charge in [-0.1, -0.05) is 12.1 Å². The van der Waals surface area contributed by atoms with Crippen molar-refractivity contribution in [3.63, 3.8) is 0 Å². The maximum absolute atomic E-state index is 12.4. The molecule has 2 N–H and O–H groups in total. The number of ether oxygens (including phenoxy) is 1. The van der Waals surface area contributed by atoms with E-state index in [9.17, 15) is 24.3 Å². The molecule has 1 aliphatic rings. The van der Waals surface area contributed by atoms with Crippen LogP contribution < -0.4 is 11.2 Å². The van der Waals surface area contributed by atoms with E-state index in [0.717, 1.165) is 0 Å². The third kappa shape index (κ3) is 3.31. The van der Waals surface area contributed by atoms with Gasteiger partial charge in [0, 0.05) is 19.5 Å². The van der Waals surface area contributed by atoms with Crippen LogP contribution in [0.2, 0.25) is 0 Å². The highest BCUT2D eigenvalue weighted by atomic mass is 16.5. The molecule has 0 saturated carbocycles. The van der Waals surface area contributed by atoms with Crippen molar-refractivity contribution in [2.75, 3.05) is 19.8 Å². The summed E-state index contributed by atoms with van der Waals surface area (Å²) in [6, 6.07) is 5.58. The first-order chi connectivity index (χ1) is 12.0. The molecule has 0 bridgehead atoms. The van der Waals surface area contributed by atoms with Crippen LogP contribution in [0.1, 0.15) is 6.42 Å². The number of para-hydroxylation sites is 1. The first-order valence-corrected chi connectivity index (χ1v) is 7.81. The lowest BCUT2D eigenvalue weighted by Crippen LogP contribution is -2.52. The molecule has 9 heteroatoms. The summed E-state index contributed by atoms with van der Waals surface area (Å²) in [5, 5.41) is 9.54. The summed E-state index contributed by atoms with van der Waals surface area (Å²) in [7, 11) is 0. The second-order valence-electron chi connectivity index (χ2n) is 5.69. The molecule has 1 atom stereocenters. The molecule has 0 unspecified atom stereocenters. The number of carbonyl (C=O) groups excluding carboxylic acids is 1. The van der Waals surface area contributed by atoms with Crippen LogP contribution in [0.5, 0.6) is 0 Å². The van der Waals surface area contributed by atoms with Gasteiger partial charge in [0.25, 0.3) is 5.56 Å². The van der Waals surface area contributed by atoms with E-state index >= 15 is 0 Å². The zero-order valence-electron chi connectivity index (χ0n) is 13.3. The van der Waals surface area contributed by atoms with E-state index in [1.54, 1.807) is 24.3 Å². The van der Waals surface area contributed by atoms with Crippen LogP contribution in [0.15, 0.2) is 33.9 Å². The number of benzene rings is 1. The van der Waals surface area contributed by atoms with Crippen LogP contribution in [0.4, 0.5) is 0 Å². The number of H-pyrrole nitrogens is 1. The molecule has 132 valence electrons. The van der Waals surface area contributed by atoms with Crippen molar-refractivity contribution in [2.45, 2.75) is 19.0 Å². The minimum atomic E-state index is -1.13. The number of aromatic amines is 1. The molecule has 0 radical (unpaired) electrons.